The molecule has 2 amide bonds. The van der Waals surface area contributed by atoms with Crippen LogP contribution < -0.4 is 19.2 Å². The summed E-state index contributed by atoms with van der Waals surface area (Å²) in [5, 5.41) is 3.99. The van der Waals surface area contributed by atoms with Crippen LogP contribution in [0.1, 0.15) is 16.7 Å². The van der Waals surface area contributed by atoms with Gasteiger partial charge < -0.3 is 19.1 Å². The molecular formula is C30H34N4O7S. The van der Waals surface area contributed by atoms with Gasteiger partial charge in [0.05, 0.1) is 37.1 Å². The van der Waals surface area contributed by atoms with Crippen molar-refractivity contribution in [1.82, 2.24) is 10.3 Å². The topological polar surface area (TPSA) is 127 Å². The number of benzene rings is 3. The van der Waals surface area contributed by atoms with E-state index in [1.165, 1.54) is 25.5 Å². The molecule has 12 heteroatoms. The minimum atomic E-state index is -4.12. The van der Waals surface area contributed by atoms with Crippen molar-refractivity contribution < 1.29 is 32.2 Å². The molecule has 0 atom stereocenters. The first-order chi connectivity index (χ1) is 20.2. The molecule has 3 aromatic carbocycles. The lowest BCUT2D eigenvalue weighted by molar-refractivity contribution is -0.137. The second-order valence-corrected chi connectivity index (χ2v) is 11.5. The minimum Gasteiger partial charge on any atom is -0.495 e. The molecule has 0 spiro atoms. The number of nitrogens with zero attached hydrogens (tertiary/aromatic N) is 3. The van der Waals surface area contributed by atoms with Gasteiger partial charge in [-0.25, -0.2) is 13.8 Å². The van der Waals surface area contributed by atoms with Crippen LogP contribution >= 0.6 is 0 Å². The molecule has 1 heterocycles. The third kappa shape index (κ3) is 7.86. The summed E-state index contributed by atoms with van der Waals surface area (Å²) in [4.78, 5) is 26.9. The molecule has 3 aromatic rings. The average Bonchev–Trinajstić information content (AvgIpc) is 3.00. The highest BCUT2D eigenvalue weighted by atomic mass is 32.2. The normalized spacial score (nSPS) is 13.5. The van der Waals surface area contributed by atoms with Gasteiger partial charge in [-0.2, -0.15) is 5.10 Å². The molecule has 42 heavy (non-hydrogen) atoms. The van der Waals surface area contributed by atoms with E-state index in [1.807, 2.05) is 13.8 Å². The zero-order chi connectivity index (χ0) is 30.1. The maximum atomic E-state index is 13.7. The predicted octanol–water partition coefficient (Wildman–Crippen LogP) is 2.90. The summed E-state index contributed by atoms with van der Waals surface area (Å²) in [7, 11) is -2.68. The van der Waals surface area contributed by atoms with E-state index in [2.05, 4.69) is 10.5 Å². The number of morpholine rings is 1. The van der Waals surface area contributed by atoms with Crippen molar-refractivity contribution in [2.75, 3.05) is 50.9 Å². The largest absolute Gasteiger partial charge is 0.495 e. The molecule has 1 saturated heterocycles. The van der Waals surface area contributed by atoms with Crippen molar-refractivity contribution in [2.24, 2.45) is 5.10 Å². The Labute approximate surface area is 245 Å². The van der Waals surface area contributed by atoms with Crippen molar-refractivity contribution in [1.29, 1.82) is 0 Å². The van der Waals surface area contributed by atoms with Gasteiger partial charge in [-0.05, 0) is 73.5 Å². The predicted molar refractivity (Wildman–Crippen MR) is 159 cm³/mol. The Morgan fingerprint density at radius 2 is 1.67 bits per heavy atom. The molecule has 0 aliphatic carbocycles. The van der Waals surface area contributed by atoms with E-state index in [9.17, 15) is 18.0 Å². The van der Waals surface area contributed by atoms with Crippen molar-refractivity contribution in [3.8, 4) is 11.5 Å². The molecule has 1 fully saturated rings. The van der Waals surface area contributed by atoms with Crippen LogP contribution in [0.3, 0.4) is 0 Å². The molecule has 0 bridgehead atoms. The highest BCUT2D eigenvalue weighted by Crippen LogP contribution is 2.33. The van der Waals surface area contributed by atoms with E-state index >= 15 is 0 Å². The quantitative estimate of drug-likeness (QED) is 0.267. The van der Waals surface area contributed by atoms with Crippen LogP contribution in [0, 0.1) is 13.8 Å². The number of hydrazone groups is 1. The van der Waals surface area contributed by atoms with E-state index < -0.39 is 22.5 Å². The van der Waals surface area contributed by atoms with Gasteiger partial charge in [0.25, 0.3) is 21.8 Å². The number of carbonyl (C=O) groups is 2. The van der Waals surface area contributed by atoms with Crippen molar-refractivity contribution in [2.45, 2.75) is 18.7 Å². The zero-order valence-corrected chi connectivity index (χ0v) is 24.6. The first kappa shape index (κ1) is 30.5. The summed E-state index contributed by atoms with van der Waals surface area (Å²) in [6, 6.07) is 18.3. The van der Waals surface area contributed by atoms with E-state index in [4.69, 9.17) is 14.2 Å². The van der Waals surface area contributed by atoms with Crippen molar-refractivity contribution in [3.05, 3.63) is 83.4 Å². The van der Waals surface area contributed by atoms with Gasteiger partial charge >= 0.3 is 0 Å². The van der Waals surface area contributed by atoms with Crippen LogP contribution in [0.15, 0.2) is 76.7 Å². The van der Waals surface area contributed by atoms with Crippen LogP contribution in [0.2, 0.25) is 0 Å². The Hall–Kier alpha value is -4.42. The Morgan fingerprint density at radius 3 is 2.33 bits per heavy atom. The van der Waals surface area contributed by atoms with Crippen LogP contribution in [0.4, 0.5) is 5.69 Å². The second-order valence-electron chi connectivity index (χ2n) is 9.64. The highest BCUT2D eigenvalue weighted by Gasteiger charge is 2.29. The van der Waals surface area contributed by atoms with Crippen LogP contribution in [-0.2, 0) is 24.3 Å². The van der Waals surface area contributed by atoms with E-state index in [-0.39, 0.29) is 23.1 Å². The SMILES string of the molecule is COc1ccc(C)cc1N(CC(=O)N/N=C/c1ccc(OCC(=O)N2CCOCC2)cc1)S(=O)(=O)c1ccc(C)cc1. The molecular weight excluding hydrogens is 560 g/mol. The van der Waals surface area contributed by atoms with Gasteiger partial charge in [0.1, 0.15) is 18.0 Å². The molecule has 0 aromatic heterocycles. The molecule has 1 aliphatic rings. The fourth-order valence-corrected chi connectivity index (χ4v) is 5.60. The van der Waals surface area contributed by atoms with Gasteiger partial charge in [0.15, 0.2) is 6.61 Å². The molecule has 222 valence electrons. The number of amides is 2. The number of methoxy groups -OCH3 is 1. The molecule has 0 unspecified atom stereocenters. The molecule has 11 nitrogen and oxygen atoms in total. The number of nitrogens with one attached hydrogen (secondary N) is 1. The fourth-order valence-electron chi connectivity index (χ4n) is 4.18. The van der Waals surface area contributed by atoms with Crippen LogP contribution in [-0.4, -0.2) is 77.9 Å². The number of ether oxygens (including phenoxy) is 3. The highest BCUT2D eigenvalue weighted by molar-refractivity contribution is 7.92. The lowest BCUT2D eigenvalue weighted by Gasteiger charge is -2.26. The lowest BCUT2D eigenvalue weighted by Crippen LogP contribution is -2.42. The Morgan fingerprint density at radius 1 is 1.00 bits per heavy atom. The summed E-state index contributed by atoms with van der Waals surface area (Å²) in [5.41, 5.74) is 5.00. The van der Waals surface area contributed by atoms with E-state index in [1.54, 1.807) is 59.5 Å². The lowest BCUT2D eigenvalue weighted by atomic mass is 10.2. The third-order valence-corrected chi connectivity index (χ3v) is 8.28. The molecule has 0 radical (unpaired) electrons. The average molecular weight is 595 g/mol. The summed E-state index contributed by atoms with van der Waals surface area (Å²) < 4.78 is 44.6. The summed E-state index contributed by atoms with van der Waals surface area (Å²) in [5.74, 6) is 0.0730. The molecule has 4 rings (SSSR count). The number of carbonyl (C=O) groups excluding carboxylic acids is 2. The molecule has 1 aliphatic heterocycles. The van der Waals surface area contributed by atoms with Crippen LogP contribution in [0.5, 0.6) is 11.5 Å². The van der Waals surface area contributed by atoms with E-state index in [0.717, 1.165) is 15.4 Å². The first-order valence-corrected chi connectivity index (χ1v) is 14.8. The summed E-state index contributed by atoms with van der Waals surface area (Å²) >= 11 is 0. The van der Waals surface area contributed by atoms with E-state index in [0.29, 0.717) is 43.4 Å². The van der Waals surface area contributed by atoms with Gasteiger partial charge in [-0.1, -0.05) is 23.8 Å². The molecule has 0 saturated carbocycles. The number of hydrogen-bond acceptors (Lipinski definition) is 8. The number of rotatable bonds is 11. The smallest absolute Gasteiger partial charge is 0.264 e. The fraction of sp³-hybridized carbons (Fsp3) is 0.300. The van der Waals surface area contributed by atoms with Crippen molar-refractivity contribution >= 4 is 33.7 Å². The van der Waals surface area contributed by atoms with Crippen LogP contribution in [0.25, 0.3) is 0 Å². The van der Waals surface area contributed by atoms with Gasteiger partial charge in [0, 0.05) is 13.1 Å². The third-order valence-electron chi connectivity index (χ3n) is 6.51. The Bertz CT molecular complexity index is 1520. The summed E-state index contributed by atoms with van der Waals surface area (Å²) in [6.45, 7) is 5.23. The maximum absolute atomic E-state index is 13.7. The monoisotopic (exact) mass is 594 g/mol. The Kier molecular flexibility index (Phi) is 10.2. The Balaban J connectivity index is 1.42. The molecule has 1 N–H and O–H groups in total. The van der Waals surface area contributed by atoms with Gasteiger partial charge in [-0.3, -0.25) is 13.9 Å². The number of hydrogen-bond donors (Lipinski definition) is 1. The second kappa shape index (κ2) is 14.0. The standard InChI is InChI=1S/C30H34N4O7S/c1-22-4-11-26(12-5-22)42(37,38)34(27-18-23(2)6-13-28(27)39-3)20-29(35)32-31-19-24-7-9-25(10-8-24)41-21-30(36)33-14-16-40-17-15-33/h4-13,18-19H,14-17,20-21H2,1-3H3,(H,32,35)/b31-19+. The number of anilines is 1. The maximum Gasteiger partial charge on any atom is 0.264 e. The van der Waals surface area contributed by atoms with Crippen molar-refractivity contribution in [3.63, 3.8) is 0 Å². The number of sulfonamides is 1. The van der Waals surface area contributed by atoms with Gasteiger partial charge in [-0.15, -0.1) is 0 Å². The number of aryl methyl sites for hydroxylation is 2. The zero-order valence-electron chi connectivity index (χ0n) is 23.8. The first-order valence-electron chi connectivity index (χ1n) is 13.3. The summed E-state index contributed by atoms with van der Waals surface area (Å²) in [6.07, 6.45) is 1.42. The van der Waals surface area contributed by atoms with Gasteiger partial charge in [0.2, 0.25) is 0 Å². The minimum absolute atomic E-state index is 0.0434.